The first kappa shape index (κ1) is 39.6. The topological polar surface area (TPSA) is 107 Å². The van der Waals surface area contributed by atoms with E-state index < -0.39 is 32.5 Å². The van der Waals surface area contributed by atoms with Crippen LogP contribution in [0.4, 0.5) is 0 Å². The average Bonchev–Trinajstić information content (AvgIpc) is 3.00. The number of allylic oxidation sites excluding steroid dienone is 2. The summed E-state index contributed by atoms with van der Waals surface area (Å²) in [6.45, 7) is 4.55. The Kier molecular flexibility index (Phi) is 23.2. The molecular formula is C36H58O7S. The molecule has 1 aromatic rings. The summed E-state index contributed by atoms with van der Waals surface area (Å²) < 4.78 is 44.3. The van der Waals surface area contributed by atoms with Gasteiger partial charge in [0.2, 0.25) is 0 Å². The molecule has 1 N–H and O–H groups in total. The number of esters is 2. The number of carbonyl (C=O) groups is 2. The van der Waals surface area contributed by atoms with Gasteiger partial charge in [0.25, 0.3) is 10.1 Å². The third kappa shape index (κ3) is 19.0. The fraction of sp³-hybridized carbons (Fsp3) is 0.667. The number of carbonyl (C=O) groups excluding carboxylic acids is 2. The molecule has 0 saturated heterocycles. The van der Waals surface area contributed by atoms with Gasteiger partial charge < -0.3 is 9.47 Å². The third-order valence-electron chi connectivity index (χ3n) is 7.55. The highest BCUT2D eigenvalue weighted by Gasteiger charge is 2.28. The van der Waals surface area contributed by atoms with Crippen molar-refractivity contribution in [2.24, 2.45) is 0 Å². The molecule has 1 rings (SSSR count). The maximum absolute atomic E-state index is 12.9. The van der Waals surface area contributed by atoms with Gasteiger partial charge in [-0.15, -0.1) is 0 Å². The molecule has 0 saturated carbocycles. The SMILES string of the molecule is CCCCCCCCCC/C=C/CCOC(=O)c1cccc(S(=O)(=O)O)c1C(=O)OCC/C=C/CCCCCCCCCC. The molecule has 0 aliphatic carbocycles. The molecule has 8 heteroatoms. The second-order valence-electron chi connectivity index (χ2n) is 11.5. The predicted octanol–water partition coefficient (Wildman–Crippen LogP) is 10.2. The van der Waals surface area contributed by atoms with Gasteiger partial charge in [0.15, 0.2) is 0 Å². The molecule has 0 atom stereocenters. The molecule has 0 radical (unpaired) electrons. The van der Waals surface area contributed by atoms with E-state index in [-0.39, 0.29) is 18.8 Å². The molecule has 0 fully saturated rings. The van der Waals surface area contributed by atoms with Gasteiger partial charge in [-0.2, -0.15) is 8.42 Å². The number of rotatable bonds is 27. The van der Waals surface area contributed by atoms with Gasteiger partial charge in [-0.3, -0.25) is 4.55 Å². The van der Waals surface area contributed by atoms with Crippen LogP contribution in [0.5, 0.6) is 0 Å². The van der Waals surface area contributed by atoms with Crippen LogP contribution < -0.4 is 0 Å². The van der Waals surface area contributed by atoms with E-state index in [1.54, 1.807) is 0 Å². The highest BCUT2D eigenvalue weighted by molar-refractivity contribution is 7.86. The van der Waals surface area contributed by atoms with E-state index in [4.69, 9.17) is 9.47 Å². The zero-order chi connectivity index (χ0) is 32.3. The zero-order valence-electron chi connectivity index (χ0n) is 27.4. The van der Waals surface area contributed by atoms with E-state index in [2.05, 4.69) is 26.0 Å². The van der Waals surface area contributed by atoms with Gasteiger partial charge in [0.1, 0.15) is 4.90 Å². The quantitative estimate of drug-likeness (QED) is 0.0444. The summed E-state index contributed by atoms with van der Waals surface area (Å²) in [6, 6.07) is 3.66. The van der Waals surface area contributed by atoms with Crippen molar-refractivity contribution < 1.29 is 32.0 Å². The van der Waals surface area contributed by atoms with Crippen molar-refractivity contribution in [1.29, 1.82) is 0 Å². The smallest absolute Gasteiger partial charge is 0.340 e. The monoisotopic (exact) mass is 634 g/mol. The molecule has 44 heavy (non-hydrogen) atoms. The fourth-order valence-corrected chi connectivity index (χ4v) is 5.68. The molecule has 1 aromatic carbocycles. The summed E-state index contributed by atoms with van der Waals surface area (Å²) in [5, 5.41) is 0. The van der Waals surface area contributed by atoms with Crippen LogP contribution in [-0.2, 0) is 19.6 Å². The van der Waals surface area contributed by atoms with Crippen LogP contribution in [0.3, 0.4) is 0 Å². The van der Waals surface area contributed by atoms with Gasteiger partial charge in [0.05, 0.1) is 24.3 Å². The normalized spacial score (nSPS) is 11.9. The van der Waals surface area contributed by atoms with Gasteiger partial charge in [-0.05, 0) is 50.7 Å². The van der Waals surface area contributed by atoms with Crippen LogP contribution in [0.25, 0.3) is 0 Å². The molecule has 0 aliphatic rings. The molecule has 0 unspecified atom stereocenters. The lowest BCUT2D eigenvalue weighted by Crippen LogP contribution is -2.19. The number of benzene rings is 1. The number of unbranched alkanes of at least 4 members (excludes halogenated alkanes) is 16. The first-order valence-electron chi connectivity index (χ1n) is 17.1. The standard InChI is InChI=1S/C36H58O7S/c1-3-5-7-9-11-13-15-17-19-21-23-25-30-42-35(37)32-28-27-29-33(44(39,40)41)34(32)36(38)43-31-26-24-22-20-18-16-14-12-10-8-6-4-2/h21-24,27-29H,3-20,25-26,30-31H2,1-2H3,(H,39,40,41)/b23-21+,24-22+. The predicted molar refractivity (Wildman–Crippen MR) is 179 cm³/mol. The highest BCUT2D eigenvalue weighted by Crippen LogP contribution is 2.22. The minimum Gasteiger partial charge on any atom is -0.462 e. The van der Waals surface area contributed by atoms with E-state index in [1.165, 1.54) is 102 Å². The molecule has 0 amide bonds. The Morgan fingerprint density at radius 3 is 1.48 bits per heavy atom. The zero-order valence-corrected chi connectivity index (χ0v) is 28.2. The van der Waals surface area contributed by atoms with Crippen molar-refractivity contribution in [3.63, 3.8) is 0 Å². The van der Waals surface area contributed by atoms with E-state index in [0.717, 1.165) is 31.7 Å². The highest BCUT2D eigenvalue weighted by atomic mass is 32.2. The molecule has 0 aliphatic heterocycles. The van der Waals surface area contributed by atoms with Crippen molar-refractivity contribution in [3.8, 4) is 0 Å². The molecule has 7 nitrogen and oxygen atoms in total. The lowest BCUT2D eigenvalue weighted by molar-refractivity contribution is 0.0460. The van der Waals surface area contributed by atoms with Crippen LogP contribution in [0.2, 0.25) is 0 Å². The van der Waals surface area contributed by atoms with Gasteiger partial charge >= 0.3 is 11.9 Å². The third-order valence-corrected chi connectivity index (χ3v) is 8.44. The second kappa shape index (κ2) is 25.8. The molecule has 0 aromatic heterocycles. The Morgan fingerprint density at radius 2 is 1.02 bits per heavy atom. The lowest BCUT2D eigenvalue weighted by Gasteiger charge is -2.12. The molecule has 0 spiro atoms. The van der Waals surface area contributed by atoms with Crippen molar-refractivity contribution in [1.82, 2.24) is 0 Å². The van der Waals surface area contributed by atoms with Crippen LogP contribution >= 0.6 is 0 Å². The number of hydrogen-bond donors (Lipinski definition) is 1. The first-order chi connectivity index (χ1) is 21.3. The van der Waals surface area contributed by atoms with Crippen LogP contribution in [0.15, 0.2) is 47.4 Å². The Labute approximate surface area is 267 Å². The lowest BCUT2D eigenvalue weighted by atomic mass is 10.1. The molecule has 250 valence electrons. The van der Waals surface area contributed by atoms with Gasteiger partial charge in [0, 0.05) is 0 Å². The Hall–Kier alpha value is -2.45. The summed E-state index contributed by atoms with van der Waals surface area (Å²) in [5.41, 5.74) is -0.758. The first-order valence-corrected chi connectivity index (χ1v) is 18.5. The average molecular weight is 635 g/mol. The van der Waals surface area contributed by atoms with Crippen molar-refractivity contribution in [3.05, 3.63) is 53.6 Å². The van der Waals surface area contributed by atoms with E-state index >= 15 is 0 Å². The summed E-state index contributed by atoms with van der Waals surface area (Å²) in [5.74, 6) is -1.84. The largest absolute Gasteiger partial charge is 0.462 e. The molecule has 0 heterocycles. The van der Waals surface area contributed by atoms with Crippen molar-refractivity contribution >= 4 is 22.1 Å². The number of hydrogen-bond acceptors (Lipinski definition) is 6. The minimum atomic E-state index is -4.77. The Bertz CT molecular complexity index is 1080. The van der Waals surface area contributed by atoms with Gasteiger partial charge in [-0.25, -0.2) is 9.59 Å². The van der Waals surface area contributed by atoms with Gasteiger partial charge in [-0.1, -0.05) is 134 Å². The van der Waals surface area contributed by atoms with E-state index in [9.17, 15) is 22.6 Å². The minimum absolute atomic E-state index is 0.0186. The molecule has 0 bridgehead atoms. The van der Waals surface area contributed by atoms with Crippen LogP contribution in [-0.4, -0.2) is 38.1 Å². The van der Waals surface area contributed by atoms with Crippen molar-refractivity contribution in [2.45, 2.75) is 147 Å². The summed E-state index contributed by atoms with van der Waals surface area (Å²) in [4.78, 5) is 25.0. The maximum Gasteiger partial charge on any atom is 0.340 e. The summed E-state index contributed by atoms with van der Waals surface area (Å²) in [7, 11) is -4.77. The maximum atomic E-state index is 12.9. The summed E-state index contributed by atoms with van der Waals surface area (Å²) >= 11 is 0. The molecular weight excluding hydrogens is 576 g/mol. The van der Waals surface area contributed by atoms with E-state index in [1.807, 2.05) is 12.2 Å². The van der Waals surface area contributed by atoms with Crippen LogP contribution in [0.1, 0.15) is 163 Å². The Balaban J connectivity index is 2.47. The summed E-state index contributed by atoms with van der Waals surface area (Å²) in [6.07, 6.45) is 31.1. The Morgan fingerprint density at radius 1 is 0.614 bits per heavy atom. The fourth-order valence-electron chi connectivity index (χ4n) is 4.98. The number of ether oxygens (including phenoxy) is 2. The second-order valence-corrected chi connectivity index (χ2v) is 12.9. The van der Waals surface area contributed by atoms with E-state index in [0.29, 0.717) is 12.8 Å². The van der Waals surface area contributed by atoms with Crippen LogP contribution in [0, 0.1) is 0 Å². The van der Waals surface area contributed by atoms with Crippen molar-refractivity contribution in [2.75, 3.05) is 13.2 Å².